The summed E-state index contributed by atoms with van der Waals surface area (Å²) in [4.78, 5) is 38.6. The minimum Gasteiger partial charge on any atom is -0.338 e. The molecule has 7 heteroatoms. The van der Waals surface area contributed by atoms with E-state index in [4.69, 9.17) is 0 Å². The van der Waals surface area contributed by atoms with Crippen LogP contribution in [0.4, 0.5) is 11.4 Å². The quantitative estimate of drug-likeness (QED) is 0.498. The van der Waals surface area contributed by atoms with Gasteiger partial charge in [-0.05, 0) is 42.7 Å². The van der Waals surface area contributed by atoms with Gasteiger partial charge in [0, 0.05) is 24.7 Å². The van der Waals surface area contributed by atoms with Gasteiger partial charge in [0.15, 0.2) is 0 Å². The van der Waals surface area contributed by atoms with Gasteiger partial charge in [-0.2, -0.15) is 0 Å². The van der Waals surface area contributed by atoms with Gasteiger partial charge in [-0.15, -0.1) is 0 Å². The number of likely N-dealkylation sites (tertiary alicyclic amines) is 1. The first-order valence-electron chi connectivity index (χ1n) is 10.3. The molecule has 1 saturated heterocycles. The molecule has 0 aliphatic carbocycles. The second kappa shape index (κ2) is 8.55. The number of nitro groups is 1. The van der Waals surface area contributed by atoms with Crippen LogP contribution in [0.2, 0.25) is 0 Å². The number of benzene rings is 3. The summed E-state index contributed by atoms with van der Waals surface area (Å²) < 4.78 is 0. The van der Waals surface area contributed by atoms with E-state index in [9.17, 15) is 19.7 Å². The lowest BCUT2D eigenvalue weighted by Gasteiger charge is -2.32. The summed E-state index contributed by atoms with van der Waals surface area (Å²) in [5, 5.41) is 15.9. The van der Waals surface area contributed by atoms with E-state index in [-0.39, 0.29) is 23.4 Å². The fourth-order valence-corrected chi connectivity index (χ4v) is 4.15. The second-order valence-corrected chi connectivity index (χ2v) is 7.81. The van der Waals surface area contributed by atoms with Crippen LogP contribution in [-0.2, 0) is 4.79 Å². The maximum atomic E-state index is 13.2. The fourth-order valence-electron chi connectivity index (χ4n) is 4.15. The highest BCUT2D eigenvalue weighted by Gasteiger charge is 2.30. The number of fused-ring (bicyclic) bond motifs is 1. The van der Waals surface area contributed by atoms with Gasteiger partial charge >= 0.3 is 0 Å². The highest BCUT2D eigenvalue weighted by molar-refractivity contribution is 6.07. The van der Waals surface area contributed by atoms with Crippen molar-refractivity contribution >= 4 is 34.0 Å². The molecular weight excluding hydrogens is 394 g/mol. The SMILES string of the molecule is Cc1c(NC(=O)C2CCCN(C(=O)c3cccc4ccccc34)C2)cccc1[N+](=O)[O-]. The van der Waals surface area contributed by atoms with Crippen LogP contribution in [0.3, 0.4) is 0 Å². The molecule has 1 N–H and O–H groups in total. The summed E-state index contributed by atoms with van der Waals surface area (Å²) in [6.45, 7) is 2.54. The number of piperidine rings is 1. The van der Waals surface area contributed by atoms with Gasteiger partial charge in [-0.25, -0.2) is 0 Å². The van der Waals surface area contributed by atoms with Gasteiger partial charge in [0.05, 0.1) is 22.1 Å². The first kappa shape index (κ1) is 20.5. The van der Waals surface area contributed by atoms with E-state index < -0.39 is 4.92 Å². The first-order chi connectivity index (χ1) is 15.0. The van der Waals surface area contributed by atoms with Gasteiger partial charge in [-0.3, -0.25) is 19.7 Å². The number of rotatable bonds is 4. The lowest BCUT2D eigenvalue weighted by molar-refractivity contribution is -0.385. The van der Waals surface area contributed by atoms with E-state index in [0.717, 1.165) is 17.2 Å². The second-order valence-electron chi connectivity index (χ2n) is 7.81. The number of amides is 2. The Bertz CT molecular complexity index is 1170. The predicted octanol–water partition coefficient (Wildman–Crippen LogP) is 4.55. The van der Waals surface area contributed by atoms with Crippen molar-refractivity contribution in [3.05, 3.63) is 81.9 Å². The van der Waals surface area contributed by atoms with Crippen LogP contribution in [0.1, 0.15) is 28.8 Å². The molecule has 2 amide bonds. The van der Waals surface area contributed by atoms with Crippen molar-refractivity contribution in [2.75, 3.05) is 18.4 Å². The normalized spacial score (nSPS) is 16.2. The third kappa shape index (κ3) is 4.12. The molecule has 1 unspecified atom stereocenters. The first-order valence-corrected chi connectivity index (χ1v) is 10.3. The number of carbonyl (C=O) groups excluding carboxylic acids is 2. The van der Waals surface area contributed by atoms with Crippen LogP contribution in [0.25, 0.3) is 10.8 Å². The Morgan fingerprint density at radius 2 is 1.81 bits per heavy atom. The standard InChI is InChI=1S/C24H23N3O4/c1-16-21(12-5-13-22(16)27(30)31)25-23(28)18-9-6-14-26(15-18)24(29)20-11-4-8-17-7-2-3-10-19(17)20/h2-5,7-8,10-13,18H,6,9,14-15H2,1H3,(H,25,28). The number of hydrogen-bond acceptors (Lipinski definition) is 4. The maximum Gasteiger partial charge on any atom is 0.274 e. The molecule has 1 heterocycles. The molecule has 31 heavy (non-hydrogen) atoms. The molecule has 158 valence electrons. The van der Waals surface area contributed by atoms with Crippen LogP contribution in [0.15, 0.2) is 60.7 Å². The van der Waals surface area contributed by atoms with Crippen molar-refractivity contribution < 1.29 is 14.5 Å². The lowest BCUT2D eigenvalue weighted by atomic mass is 9.95. The highest BCUT2D eigenvalue weighted by atomic mass is 16.6. The fraction of sp³-hybridized carbons (Fsp3) is 0.250. The minimum absolute atomic E-state index is 0.0331. The number of carbonyl (C=O) groups is 2. The zero-order valence-corrected chi connectivity index (χ0v) is 17.2. The van der Waals surface area contributed by atoms with E-state index in [1.807, 2.05) is 42.5 Å². The third-order valence-corrected chi connectivity index (χ3v) is 5.86. The van der Waals surface area contributed by atoms with Gasteiger partial charge in [0.1, 0.15) is 0 Å². The van der Waals surface area contributed by atoms with Crippen LogP contribution in [0, 0.1) is 23.0 Å². The molecule has 1 atom stereocenters. The molecule has 1 aliphatic heterocycles. The molecule has 0 aromatic heterocycles. The number of anilines is 1. The molecule has 0 bridgehead atoms. The molecule has 0 spiro atoms. The average molecular weight is 417 g/mol. The summed E-state index contributed by atoms with van der Waals surface area (Å²) in [6.07, 6.45) is 1.39. The van der Waals surface area contributed by atoms with Crippen molar-refractivity contribution in [2.24, 2.45) is 5.92 Å². The maximum absolute atomic E-state index is 13.2. The summed E-state index contributed by atoms with van der Waals surface area (Å²) in [5.41, 5.74) is 1.44. The van der Waals surface area contributed by atoms with Crippen LogP contribution in [-0.4, -0.2) is 34.7 Å². The monoisotopic (exact) mass is 417 g/mol. The molecule has 1 fully saturated rings. The van der Waals surface area contributed by atoms with Crippen LogP contribution in [0.5, 0.6) is 0 Å². The Morgan fingerprint density at radius 1 is 1.06 bits per heavy atom. The van der Waals surface area contributed by atoms with Crippen LogP contribution < -0.4 is 5.32 Å². The van der Waals surface area contributed by atoms with E-state index >= 15 is 0 Å². The Kier molecular flexibility index (Phi) is 5.66. The number of nitro benzene ring substituents is 1. The Labute approximate surface area is 179 Å². The average Bonchev–Trinajstić information content (AvgIpc) is 2.79. The number of hydrogen-bond donors (Lipinski definition) is 1. The summed E-state index contributed by atoms with van der Waals surface area (Å²) in [5.74, 6) is -0.675. The van der Waals surface area contributed by atoms with E-state index in [1.165, 1.54) is 6.07 Å². The number of nitrogens with zero attached hydrogens (tertiary/aromatic N) is 2. The smallest absolute Gasteiger partial charge is 0.274 e. The Morgan fingerprint density at radius 3 is 2.61 bits per heavy atom. The van der Waals surface area contributed by atoms with E-state index in [1.54, 1.807) is 24.0 Å². The molecule has 0 radical (unpaired) electrons. The molecule has 1 aliphatic rings. The van der Waals surface area contributed by atoms with Gasteiger partial charge < -0.3 is 10.2 Å². The van der Waals surface area contributed by atoms with E-state index in [0.29, 0.717) is 36.3 Å². The highest BCUT2D eigenvalue weighted by Crippen LogP contribution is 2.27. The van der Waals surface area contributed by atoms with Crippen molar-refractivity contribution in [3.63, 3.8) is 0 Å². The minimum atomic E-state index is -0.462. The van der Waals surface area contributed by atoms with Crippen LogP contribution >= 0.6 is 0 Å². The summed E-state index contributed by atoms with van der Waals surface area (Å²) in [6, 6.07) is 18.0. The van der Waals surface area contributed by atoms with E-state index in [2.05, 4.69) is 5.32 Å². The molecule has 4 rings (SSSR count). The largest absolute Gasteiger partial charge is 0.338 e. The van der Waals surface area contributed by atoms with Gasteiger partial charge in [0.25, 0.3) is 11.6 Å². The summed E-state index contributed by atoms with van der Waals surface area (Å²) >= 11 is 0. The third-order valence-electron chi connectivity index (χ3n) is 5.86. The molecular formula is C24H23N3O4. The van der Waals surface area contributed by atoms with Gasteiger partial charge in [-0.1, -0.05) is 42.5 Å². The molecule has 3 aromatic carbocycles. The molecule has 3 aromatic rings. The zero-order chi connectivity index (χ0) is 22.0. The van der Waals surface area contributed by atoms with Crippen molar-refractivity contribution in [2.45, 2.75) is 19.8 Å². The number of nitrogens with one attached hydrogen (secondary N) is 1. The summed E-state index contributed by atoms with van der Waals surface area (Å²) in [7, 11) is 0. The van der Waals surface area contributed by atoms with Crippen molar-refractivity contribution in [1.29, 1.82) is 0 Å². The Balaban J connectivity index is 1.51. The zero-order valence-electron chi connectivity index (χ0n) is 17.2. The van der Waals surface area contributed by atoms with Crippen molar-refractivity contribution in [3.8, 4) is 0 Å². The molecule has 0 saturated carbocycles. The van der Waals surface area contributed by atoms with Gasteiger partial charge in [0.2, 0.25) is 5.91 Å². The predicted molar refractivity (Wildman–Crippen MR) is 119 cm³/mol. The molecule has 7 nitrogen and oxygen atoms in total. The lowest BCUT2D eigenvalue weighted by Crippen LogP contribution is -2.43. The Hall–Kier alpha value is -3.74. The van der Waals surface area contributed by atoms with Crippen molar-refractivity contribution in [1.82, 2.24) is 4.90 Å². The topological polar surface area (TPSA) is 92.6 Å².